The van der Waals surface area contributed by atoms with Gasteiger partial charge in [0.25, 0.3) is 0 Å². The zero-order valence-electron chi connectivity index (χ0n) is 15.4. The molecule has 0 saturated carbocycles. The molecule has 1 aliphatic rings. The predicted molar refractivity (Wildman–Crippen MR) is 97.2 cm³/mol. The van der Waals surface area contributed by atoms with Crippen LogP contribution in [-0.2, 0) is 20.4 Å². The fourth-order valence-electron chi connectivity index (χ4n) is 3.26. The Morgan fingerprint density at radius 2 is 1.96 bits per heavy atom. The number of ether oxygens (including phenoxy) is 2. The van der Waals surface area contributed by atoms with E-state index in [1.807, 2.05) is 13.8 Å². The van der Waals surface area contributed by atoms with E-state index in [4.69, 9.17) is 9.47 Å². The molecule has 2 rings (SSSR count). The fourth-order valence-corrected chi connectivity index (χ4v) is 4.91. The van der Waals surface area contributed by atoms with Crippen LogP contribution >= 0.6 is 0 Å². The molecule has 7 heteroatoms. The smallest absolute Gasteiger partial charge is 0.216 e. The van der Waals surface area contributed by atoms with Crippen molar-refractivity contribution in [3.63, 3.8) is 0 Å². The minimum absolute atomic E-state index is 0.00742. The van der Waals surface area contributed by atoms with Gasteiger partial charge in [0.15, 0.2) is 0 Å². The molecule has 1 N–H and O–H groups in total. The molecule has 1 aromatic rings. The molecule has 1 aromatic carbocycles. The molecule has 0 aliphatic carbocycles. The SMILES string of the molecule is COc1ccc([C@@](C)(O)[C@H]2CCCN2S(=O)(=O)CCOC(C)C)cc1. The largest absolute Gasteiger partial charge is 0.497 e. The summed E-state index contributed by atoms with van der Waals surface area (Å²) in [6.45, 7) is 6.02. The molecule has 142 valence electrons. The Bertz CT molecular complexity index is 655. The van der Waals surface area contributed by atoms with E-state index in [2.05, 4.69) is 0 Å². The molecule has 0 bridgehead atoms. The third-order valence-corrected chi connectivity index (χ3v) is 6.51. The van der Waals surface area contributed by atoms with E-state index >= 15 is 0 Å². The highest BCUT2D eigenvalue weighted by atomic mass is 32.2. The van der Waals surface area contributed by atoms with Gasteiger partial charge in [0.2, 0.25) is 10.0 Å². The number of methoxy groups -OCH3 is 1. The van der Waals surface area contributed by atoms with Gasteiger partial charge in [-0.05, 0) is 51.3 Å². The monoisotopic (exact) mass is 371 g/mol. The Balaban J connectivity index is 2.18. The molecule has 0 radical (unpaired) electrons. The number of hydrogen-bond acceptors (Lipinski definition) is 5. The van der Waals surface area contributed by atoms with Crippen LogP contribution < -0.4 is 4.74 Å². The summed E-state index contributed by atoms with van der Waals surface area (Å²) in [4.78, 5) is 0. The predicted octanol–water partition coefficient (Wildman–Crippen LogP) is 2.12. The number of sulfonamides is 1. The van der Waals surface area contributed by atoms with Crippen molar-refractivity contribution in [2.24, 2.45) is 0 Å². The Labute approximate surface area is 150 Å². The summed E-state index contributed by atoms with van der Waals surface area (Å²) in [6.07, 6.45) is 1.36. The zero-order chi connectivity index (χ0) is 18.7. The molecular formula is C18H29NO5S. The molecular weight excluding hydrogens is 342 g/mol. The van der Waals surface area contributed by atoms with Crippen molar-refractivity contribution in [1.82, 2.24) is 4.31 Å². The van der Waals surface area contributed by atoms with Crippen molar-refractivity contribution < 1.29 is 23.0 Å². The maximum Gasteiger partial charge on any atom is 0.216 e. The molecule has 1 aliphatic heterocycles. The Morgan fingerprint density at radius 1 is 1.32 bits per heavy atom. The van der Waals surface area contributed by atoms with Crippen LogP contribution in [0.15, 0.2) is 24.3 Å². The van der Waals surface area contributed by atoms with Gasteiger partial charge < -0.3 is 14.6 Å². The fraction of sp³-hybridized carbons (Fsp3) is 0.667. The zero-order valence-corrected chi connectivity index (χ0v) is 16.3. The molecule has 2 atom stereocenters. The minimum atomic E-state index is -3.49. The first-order valence-electron chi connectivity index (χ1n) is 8.66. The topological polar surface area (TPSA) is 76.1 Å². The minimum Gasteiger partial charge on any atom is -0.497 e. The lowest BCUT2D eigenvalue weighted by atomic mass is 9.87. The van der Waals surface area contributed by atoms with Gasteiger partial charge in [-0.3, -0.25) is 0 Å². The number of benzene rings is 1. The average molecular weight is 371 g/mol. The van der Waals surface area contributed by atoms with Crippen molar-refractivity contribution in [2.75, 3.05) is 26.0 Å². The maximum absolute atomic E-state index is 12.7. The Morgan fingerprint density at radius 3 is 2.52 bits per heavy atom. The van der Waals surface area contributed by atoms with Crippen LogP contribution in [0.3, 0.4) is 0 Å². The van der Waals surface area contributed by atoms with Gasteiger partial charge in [-0.15, -0.1) is 0 Å². The number of aliphatic hydroxyl groups is 1. The Kier molecular flexibility index (Phi) is 6.48. The molecule has 0 aromatic heterocycles. The van der Waals surface area contributed by atoms with E-state index in [0.29, 0.717) is 24.3 Å². The first-order chi connectivity index (χ1) is 11.7. The lowest BCUT2D eigenvalue weighted by Crippen LogP contribution is -2.49. The molecule has 6 nitrogen and oxygen atoms in total. The third-order valence-electron chi connectivity index (χ3n) is 4.68. The third kappa shape index (κ3) is 4.73. The van der Waals surface area contributed by atoms with Crippen molar-refractivity contribution in [2.45, 2.75) is 51.4 Å². The standard InChI is InChI=1S/C18H29NO5S/c1-14(2)24-12-13-25(21,22)19-11-5-6-17(19)18(3,20)15-7-9-16(23-4)10-8-15/h7-10,14,17,20H,5-6,11-13H2,1-4H3/t17-,18-/m1/s1. The van der Waals surface area contributed by atoms with E-state index in [1.54, 1.807) is 38.3 Å². The highest BCUT2D eigenvalue weighted by Gasteiger charge is 2.45. The van der Waals surface area contributed by atoms with Crippen molar-refractivity contribution >= 4 is 10.0 Å². The second kappa shape index (κ2) is 8.03. The first-order valence-corrected chi connectivity index (χ1v) is 10.3. The van der Waals surface area contributed by atoms with Crippen molar-refractivity contribution in [1.29, 1.82) is 0 Å². The van der Waals surface area contributed by atoms with E-state index in [9.17, 15) is 13.5 Å². The van der Waals surface area contributed by atoms with Crippen molar-refractivity contribution in [3.8, 4) is 5.75 Å². The van der Waals surface area contributed by atoms with Crippen LogP contribution in [0, 0.1) is 0 Å². The number of nitrogens with zero attached hydrogens (tertiary/aromatic N) is 1. The summed E-state index contributed by atoms with van der Waals surface area (Å²) in [5.74, 6) is 0.627. The highest BCUT2D eigenvalue weighted by Crippen LogP contribution is 2.36. The molecule has 1 fully saturated rings. The first kappa shape index (κ1) is 20.2. The normalized spacial score (nSPS) is 21.4. The van der Waals surface area contributed by atoms with Crippen LogP contribution in [0.4, 0.5) is 0 Å². The summed E-state index contributed by atoms with van der Waals surface area (Å²) < 4.78 is 37.4. The van der Waals surface area contributed by atoms with Gasteiger partial charge in [-0.2, -0.15) is 4.31 Å². The summed E-state index contributed by atoms with van der Waals surface area (Å²) in [5, 5.41) is 11.1. The van der Waals surface area contributed by atoms with E-state index < -0.39 is 21.7 Å². The molecule has 0 unspecified atom stereocenters. The van der Waals surface area contributed by atoms with Gasteiger partial charge in [-0.25, -0.2) is 8.42 Å². The van der Waals surface area contributed by atoms with Gasteiger partial charge in [0.05, 0.1) is 31.6 Å². The summed E-state index contributed by atoms with van der Waals surface area (Å²) >= 11 is 0. The molecule has 1 saturated heterocycles. The van der Waals surface area contributed by atoms with E-state index in [1.165, 1.54) is 4.31 Å². The molecule has 25 heavy (non-hydrogen) atoms. The maximum atomic E-state index is 12.7. The van der Waals surface area contributed by atoms with Crippen LogP contribution in [0.1, 0.15) is 39.2 Å². The average Bonchev–Trinajstić information content (AvgIpc) is 3.06. The van der Waals surface area contributed by atoms with Gasteiger partial charge >= 0.3 is 0 Å². The van der Waals surface area contributed by atoms with E-state index in [-0.39, 0.29) is 18.5 Å². The van der Waals surface area contributed by atoms with Crippen LogP contribution in [0.5, 0.6) is 5.75 Å². The summed E-state index contributed by atoms with van der Waals surface area (Å²) in [5.41, 5.74) is -0.590. The van der Waals surface area contributed by atoms with Gasteiger partial charge in [0.1, 0.15) is 11.4 Å². The lowest BCUT2D eigenvalue weighted by Gasteiger charge is -2.36. The summed E-state index contributed by atoms with van der Waals surface area (Å²) in [6, 6.07) is 6.63. The Hall–Kier alpha value is -1.15. The number of rotatable bonds is 8. The van der Waals surface area contributed by atoms with Crippen LogP contribution in [-0.4, -0.2) is 56.0 Å². The van der Waals surface area contributed by atoms with Gasteiger partial charge in [-0.1, -0.05) is 12.1 Å². The second-order valence-corrected chi connectivity index (χ2v) is 8.92. The molecule has 1 heterocycles. The van der Waals surface area contributed by atoms with Gasteiger partial charge in [0, 0.05) is 6.54 Å². The summed E-state index contributed by atoms with van der Waals surface area (Å²) in [7, 11) is -1.90. The van der Waals surface area contributed by atoms with E-state index in [0.717, 1.165) is 6.42 Å². The van der Waals surface area contributed by atoms with Crippen LogP contribution in [0.25, 0.3) is 0 Å². The number of hydrogen-bond donors (Lipinski definition) is 1. The molecule has 0 spiro atoms. The molecule has 0 amide bonds. The quantitative estimate of drug-likeness (QED) is 0.757. The highest BCUT2D eigenvalue weighted by molar-refractivity contribution is 7.89. The van der Waals surface area contributed by atoms with Crippen molar-refractivity contribution in [3.05, 3.63) is 29.8 Å². The second-order valence-electron chi connectivity index (χ2n) is 6.88. The van der Waals surface area contributed by atoms with Crippen LogP contribution in [0.2, 0.25) is 0 Å². The lowest BCUT2D eigenvalue weighted by molar-refractivity contribution is -0.000986.